The minimum Gasteiger partial charge on any atom is -0.399 e. The molecule has 9 heteroatoms. The number of nitrogen functional groups attached to an aromatic ring is 1. The smallest absolute Gasteiger partial charge is 0.215 e. The zero-order valence-corrected chi connectivity index (χ0v) is 21.7. The van der Waals surface area contributed by atoms with Crippen LogP contribution in [0.4, 0.5) is 5.69 Å². The third-order valence-corrected chi connectivity index (χ3v) is 9.67. The lowest BCUT2D eigenvalue weighted by molar-refractivity contribution is 0.0785. The molecule has 2 heterocycles. The van der Waals surface area contributed by atoms with Gasteiger partial charge in [-0.2, -0.15) is 0 Å². The van der Waals surface area contributed by atoms with Crippen LogP contribution in [-0.4, -0.2) is 23.8 Å². The Morgan fingerprint density at radius 3 is 2.66 bits per heavy atom. The molecule has 2 aromatic heterocycles. The van der Waals surface area contributed by atoms with Crippen molar-refractivity contribution in [3.8, 4) is 11.3 Å². The van der Waals surface area contributed by atoms with E-state index in [0.717, 1.165) is 31.8 Å². The molecule has 1 saturated carbocycles. The highest BCUT2D eigenvalue weighted by atomic mass is 35.5. The summed E-state index contributed by atoms with van der Waals surface area (Å²) in [6.07, 6.45) is 3.01. The summed E-state index contributed by atoms with van der Waals surface area (Å²) in [4.78, 5) is 5.36. The third kappa shape index (κ3) is 4.94. The molecule has 1 unspecified atom stereocenters. The maximum Gasteiger partial charge on any atom is 0.215 e. The maximum absolute atomic E-state index is 13.0. The highest BCUT2D eigenvalue weighted by Crippen LogP contribution is 2.41. The van der Waals surface area contributed by atoms with Crippen molar-refractivity contribution in [1.82, 2.24) is 9.71 Å². The van der Waals surface area contributed by atoms with Crippen molar-refractivity contribution in [3.63, 3.8) is 0 Å². The van der Waals surface area contributed by atoms with Gasteiger partial charge in [0, 0.05) is 32.0 Å². The Labute approximate surface area is 213 Å². The molecule has 4 aromatic rings. The molecular weight excluding hydrogens is 502 g/mol. The zero-order chi connectivity index (χ0) is 25.0. The number of rotatable bonds is 7. The van der Waals surface area contributed by atoms with Gasteiger partial charge in [0.2, 0.25) is 10.0 Å². The van der Waals surface area contributed by atoms with E-state index in [1.165, 1.54) is 11.3 Å². The normalized spacial score (nSPS) is 15.4. The fourth-order valence-electron chi connectivity index (χ4n) is 4.08. The van der Waals surface area contributed by atoms with Gasteiger partial charge in [0.05, 0.1) is 22.6 Å². The van der Waals surface area contributed by atoms with Crippen LogP contribution in [0.1, 0.15) is 48.7 Å². The molecule has 1 aliphatic rings. The molecule has 0 radical (unpaired) electrons. The number of nitrogens with one attached hydrogen (secondary N) is 1. The highest BCUT2D eigenvalue weighted by Gasteiger charge is 2.38. The lowest BCUT2D eigenvalue weighted by Gasteiger charge is -2.20. The summed E-state index contributed by atoms with van der Waals surface area (Å²) in [5.41, 5.74) is 8.58. The van der Waals surface area contributed by atoms with Gasteiger partial charge in [-0.15, -0.1) is 11.3 Å². The molecule has 6 nitrogen and oxygen atoms in total. The Morgan fingerprint density at radius 1 is 1.17 bits per heavy atom. The summed E-state index contributed by atoms with van der Waals surface area (Å²) in [5, 5.41) is 11.5. The number of sulfonamides is 1. The number of hydrogen-bond donors (Lipinski definition) is 3. The highest BCUT2D eigenvalue weighted by molar-refractivity contribution is 7.90. The average molecular weight is 528 g/mol. The zero-order valence-electron chi connectivity index (χ0n) is 19.3. The molecule has 0 saturated heterocycles. The van der Waals surface area contributed by atoms with Crippen LogP contribution in [0, 0.1) is 0 Å². The Morgan fingerprint density at radius 2 is 1.94 bits per heavy atom. The molecule has 0 amide bonds. The van der Waals surface area contributed by atoms with E-state index in [2.05, 4.69) is 9.71 Å². The summed E-state index contributed by atoms with van der Waals surface area (Å²) < 4.78 is 29.8. The van der Waals surface area contributed by atoms with Crippen LogP contribution in [-0.2, 0) is 15.6 Å². The second-order valence-electron chi connectivity index (χ2n) is 9.44. The minimum absolute atomic E-state index is 0.372. The van der Waals surface area contributed by atoms with Crippen LogP contribution in [0.5, 0.6) is 0 Å². The summed E-state index contributed by atoms with van der Waals surface area (Å²) in [6.45, 7) is 3.48. The number of aromatic nitrogens is 1. The third-order valence-electron chi connectivity index (χ3n) is 6.17. The van der Waals surface area contributed by atoms with E-state index < -0.39 is 21.7 Å². The molecule has 4 N–H and O–H groups in total. The van der Waals surface area contributed by atoms with Gasteiger partial charge in [-0.25, -0.2) is 13.1 Å². The van der Waals surface area contributed by atoms with Gasteiger partial charge in [0.1, 0.15) is 0 Å². The number of nitrogens with two attached hydrogens (primary N) is 1. The van der Waals surface area contributed by atoms with Gasteiger partial charge >= 0.3 is 0 Å². The SMILES string of the molecule is CC(C)(O)c1ccnc(-c2cccc3cc(C(NS(=O)(=O)C4CC4)c4cc(N)ccc4Cl)sc23)c1. The van der Waals surface area contributed by atoms with Crippen LogP contribution in [0.15, 0.2) is 60.8 Å². The standard InChI is InChI=1S/C26H26ClN3O3S2/c1-26(2,31)16-10-11-29-22(13-16)19-5-3-4-15-12-23(34-25(15)19)24(30-35(32,33)18-7-8-18)20-14-17(28)6-9-21(20)27/h3-6,9-14,18,24,30-31H,7-8,28H2,1-2H3. The van der Waals surface area contributed by atoms with Crippen LogP contribution in [0.25, 0.3) is 21.3 Å². The number of nitrogens with zero attached hydrogens (tertiary/aromatic N) is 1. The summed E-state index contributed by atoms with van der Waals surface area (Å²) >= 11 is 8.02. The minimum atomic E-state index is -3.52. The summed E-state index contributed by atoms with van der Waals surface area (Å²) in [7, 11) is -3.52. The molecular formula is C26H26ClN3O3S2. The fraction of sp³-hybridized carbons (Fsp3) is 0.269. The lowest BCUT2D eigenvalue weighted by atomic mass is 9.97. The molecule has 1 fully saturated rings. The maximum atomic E-state index is 13.0. The van der Waals surface area contributed by atoms with Crippen molar-refractivity contribution in [2.24, 2.45) is 0 Å². The van der Waals surface area contributed by atoms with Crippen LogP contribution in [0.2, 0.25) is 5.02 Å². The number of hydrogen-bond acceptors (Lipinski definition) is 6. The number of aliphatic hydroxyl groups is 1. The number of thiophene rings is 1. The van der Waals surface area contributed by atoms with Gasteiger partial charge in [-0.05, 0) is 79.6 Å². The van der Waals surface area contributed by atoms with Crippen LogP contribution in [0.3, 0.4) is 0 Å². The molecule has 35 heavy (non-hydrogen) atoms. The van der Waals surface area contributed by atoms with Crippen molar-refractivity contribution in [3.05, 3.63) is 81.8 Å². The Bertz CT molecular complexity index is 1520. The molecule has 1 aliphatic carbocycles. The van der Waals surface area contributed by atoms with Gasteiger partial charge in [-0.3, -0.25) is 4.98 Å². The van der Waals surface area contributed by atoms with Crippen molar-refractivity contribution in [1.29, 1.82) is 0 Å². The van der Waals surface area contributed by atoms with E-state index in [-0.39, 0.29) is 5.25 Å². The van der Waals surface area contributed by atoms with Crippen molar-refractivity contribution >= 4 is 48.7 Å². The number of benzene rings is 2. The largest absolute Gasteiger partial charge is 0.399 e. The van der Waals surface area contributed by atoms with Gasteiger partial charge < -0.3 is 10.8 Å². The monoisotopic (exact) mass is 527 g/mol. The molecule has 5 rings (SSSR count). The van der Waals surface area contributed by atoms with E-state index in [1.54, 1.807) is 44.3 Å². The van der Waals surface area contributed by atoms with E-state index in [4.69, 9.17) is 17.3 Å². The molecule has 182 valence electrons. The molecule has 1 atom stereocenters. The van der Waals surface area contributed by atoms with Gasteiger partial charge in [0.25, 0.3) is 0 Å². The lowest BCUT2D eigenvalue weighted by Crippen LogP contribution is -2.31. The Hall–Kier alpha value is -2.49. The van der Waals surface area contributed by atoms with E-state index >= 15 is 0 Å². The van der Waals surface area contributed by atoms with Crippen LogP contribution >= 0.6 is 22.9 Å². The van der Waals surface area contributed by atoms with Crippen LogP contribution < -0.4 is 10.5 Å². The predicted octanol–water partition coefficient (Wildman–Crippen LogP) is 5.60. The first kappa shape index (κ1) is 24.2. The second-order valence-corrected chi connectivity index (χ2v) is 12.9. The first-order chi connectivity index (χ1) is 16.5. The molecule has 0 spiro atoms. The average Bonchev–Trinajstić information content (AvgIpc) is 3.58. The Balaban J connectivity index is 1.65. The van der Waals surface area contributed by atoms with E-state index in [9.17, 15) is 13.5 Å². The quantitative estimate of drug-likeness (QED) is 0.271. The van der Waals surface area contributed by atoms with Crippen molar-refractivity contribution in [2.75, 3.05) is 5.73 Å². The van der Waals surface area contributed by atoms with E-state index in [0.29, 0.717) is 29.1 Å². The number of fused-ring (bicyclic) bond motifs is 1. The van der Waals surface area contributed by atoms with Gasteiger partial charge in [-0.1, -0.05) is 29.8 Å². The Kier molecular flexibility index (Phi) is 6.14. The summed E-state index contributed by atoms with van der Waals surface area (Å²) in [6, 6.07) is 16.0. The van der Waals surface area contributed by atoms with E-state index in [1.807, 2.05) is 30.3 Å². The summed E-state index contributed by atoms with van der Waals surface area (Å²) in [5.74, 6) is 0. The fourth-order valence-corrected chi connectivity index (χ4v) is 7.17. The van der Waals surface area contributed by atoms with Gasteiger partial charge in [0.15, 0.2) is 0 Å². The van der Waals surface area contributed by atoms with Crippen molar-refractivity contribution < 1.29 is 13.5 Å². The molecule has 2 aromatic carbocycles. The first-order valence-corrected chi connectivity index (χ1v) is 14.0. The molecule has 0 aliphatic heterocycles. The van der Waals surface area contributed by atoms with Crippen molar-refractivity contribution in [2.45, 2.75) is 43.6 Å². The second kappa shape index (κ2) is 8.87. The first-order valence-electron chi connectivity index (χ1n) is 11.3. The molecule has 0 bridgehead atoms. The predicted molar refractivity (Wildman–Crippen MR) is 143 cm³/mol. The number of anilines is 1. The number of halogens is 1. The number of pyridine rings is 1. The topological polar surface area (TPSA) is 105 Å².